The lowest BCUT2D eigenvalue weighted by atomic mass is 9.91. The monoisotopic (exact) mass is 330 g/mol. The molecule has 0 fully saturated rings. The van der Waals surface area contributed by atoms with Crippen molar-refractivity contribution in [1.29, 1.82) is 0 Å². The van der Waals surface area contributed by atoms with Crippen molar-refractivity contribution in [1.82, 2.24) is 0 Å². The van der Waals surface area contributed by atoms with E-state index in [9.17, 15) is 13.6 Å². The molecule has 24 heavy (non-hydrogen) atoms. The summed E-state index contributed by atoms with van der Waals surface area (Å²) in [4.78, 5) is 12.2. The van der Waals surface area contributed by atoms with Crippen LogP contribution >= 0.6 is 0 Å². The number of carbonyl (C=O) groups is 1. The molecule has 1 atom stereocenters. The first-order valence-electron chi connectivity index (χ1n) is 8.36. The second kappa shape index (κ2) is 6.71. The maximum atomic E-state index is 14.9. The van der Waals surface area contributed by atoms with Gasteiger partial charge in [0.2, 0.25) is 0 Å². The Balaban J connectivity index is 2.04. The zero-order valence-corrected chi connectivity index (χ0v) is 13.9. The Morgan fingerprint density at radius 1 is 1.12 bits per heavy atom. The zero-order valence-electron chi connectivity index (χ0n) is 13.9. The van der Waals surface area contributed by atoms with Crippen molar-refractivity contribution in [2.45, 2.75) is 45.6 Å². The molecule has 2 nitrogen and oxygen atoms in total. The van der Waals surface area contributed by atoms with E-state index in [1.54, 1.807) is 24.3 Å². The van der Waals surface area contributed by atoms with Crippen LogP contribution in [0.1, 0.15) is 48.2 Å². The molecule has 2 aromatic carbocycles. The third-order valence-electron chi connectivity index (χ3n) is 4.50. The van der Waals surface area contributed by atoms with Crippen LogP contribution in [-0.4, -0.2) is 12.1 Å². The summed E-state index contributed by atoms with van der Waals surface area (Å²) in [5.74, 6) is -1.84. The van der Waals surface area contributed by atoms with E-state index in [0.29, 0.717) is 18.4 Å². The van der Waals surface area contributed by atoms with Crippen molar-refractivity contribution in [3.63, 3.8) is 0 Å². The normalized spacial score (nSPS) is 16.7. The molecule has 1 heterocycles. The minimum absolute atomic E-state index is 0.0566. The number of hydrogen-bond acceptors (Lipinski definition) is 2. The van der Waals surface area contributed by atoms with E-state index in [-0.39, 0.29) is 22.8 Å². The van der Waals surface area contributed by atoms with E-state index in [1.807, 2.05) is 13.8 Å². The molecule has 0 saturated carbocycles. The lowest BCUT2D eigenvalue weighted by molar-refractivity contribution is 0.0229. The predicted molar refractivity (Wildman–Crippen MR) is 89.0 cm³/mol. The number of halogens is 2. The molecule has 0 amide bonds. The van der Waals surface area contributed by atoms with Crippen molar-refractivity contribution in [2.75, 3.05) is 0 Å². The van der Waals surface area contributed by atoms with Crippen molar-refractivity contribution < 1.29 is 18.3 Å². The van der Waals surface area contributed by atoms with Crippen LogP contribution in [0, 0.1) is 11.6 Å². The highest BCUT2D eigenvalue weighted by molar-refractivity contribution is 5.94. The number of carbonyl (C=O) groups excluding carboxylic acids is 1. The molecule has 0 bridgehead atoms. The van der Waals surface area contributed by atoms with Crippen LogP contribution in [0.3, 0.4) is 0 Å². The van der Waals surface area contributed by atoms with Gasteiger partial charge in [0.15, 0.2) is 0 Å². The number of ether oxygens (including phenoxy) is 1. The summed E-state index contributed by atoms with van der Waals surface area (Å²) in [7, 11) is 0. The van der Waals surface area contributed by atoms with Gasteiger partial charge in [-0.2, -0.15) is 0 Å². The van der Waals surface area contributed by atoms with E-state index >= 15 is 0 Å². The second-order valence-electron chi connectivity index (χ2n) is 6.15. The molecule has 0 aromatic heterocycles. The Hall–Kier alpha value is -2.23. The summed E-state index contributed by atoms with van der Waals surface area (Å²) in [5.41, 5.74) is 1.68. The largest absolute Gasteiger partial charge is 0.458 e. The summed E-state index contributed by atoms with van der Waals surface area (Å²) in [6, 6.07) is 8.01. The SMILES string of the molecule is CCCC1Cc2ccc(-c3ccc(CC)cc3F)c(F)c2C(=O)O1. The molecule has 0 spiro atoms. The van der Waals surface area contributed by atoms with Gasteiger partial charge in [-0.25, -0.2) is 13.6 Å². The highest BCUT2D eigenvalue weighted by Crippen LogP contribution is 2.33. The average molecular weight is 330 g/mol. The lowest BCUT2D eigenvalue weighted by Gasteiger charge is -2.25. The Morgan fingerprint density at radius 3 is 2.54 bits per heavy atom. The molecule has 2 aromatic rings. The molecule has 1 aliphatic heterocycles. The highest BCUT2D eigenvalue weighted by Gasteiger charge is 2.30. The van der Waals surface area contributed by atoms with Crippen LogP contribution in [0.15, 0.2) is 30.3 Å². The number of cyclic esters (lactones) is 1. The Kier molecular flexibility index (Phi) is 4.65. The van der Waals surface area contributed by atoms with Gasteiger partial charge in [-0.1, -0.05) is 44.5 Å². The Bertz CT molecular complexity index is 783. The fraction of sp³-hybridized carbons (Fsp3) is 0.350. The average Bonchev–Trinajstić information content (AvgIpc) is 2.55. The molecule has 0 saturated heterocycles. The van der Waals surface area contributed by atoms with Gasteiger partial charge in [0.25, 0.3) is 0 Å². The first-order chi connectivity index (χ1) is 11.5. The number of esters is 1. The van der Waals surface area contributed by atoms with Crippen molar-refractivity contribution >= 4 is 5.97 Å². The smallest absolute Gasteiger partial charge is 0.341 e. The van der Waals surface area contributed by atoms with E-state index in [2.05, 4.69) is 0 Å². The summed E-state index contributed by atoms with van der Waals surface area (Å²) < 4.78 is 34.5. The van der Waals surface area contributed by atoms with Crippen molar-refractivity contribution in [3.05, 3.63) is 58.7 Å². The van der Waals surface area contributed by atoms with Crippen LogP contribution in [0.25, 0.3) is 11.1 Å². The fourth-order valence-corrected chi connectivity index (χ4v) is 3.19. The minimum Gasteiger partial charge on any atom is -0.458 e. The third kappa shape index (κ3) is 2.93. The molecule has 126 valence electrons. The number of aryl methyl sites for hydroxylation is 1. The third-order valence-corrected chi connectivity index (χ3v) is 4.50. The van der Waals surface area contributed by atoms with Gasteiger partial charge in [0.1, 0.15) is 17.7 Å². The maximum absolute atomic E-state index is 14.9. The van der Waals surface area contributed by atoms with Crippen LogP contribution in [0.5, 0.6) is 0 Å². The molecular formula is C20H20F2O2. The van der Waals surface area contributed by atoms with Crippen LogP contribution in [0.4, 0.5) is 8.78 Å². The van der Waals surface area contributed by atoms with Gasteiger partial charge >= 0.3 is 5.97 Å². The predicted octanol–water partition coefficient (Wildman–Crippen LogP) is 5.08. The topological polar surface area (TPSA) is 26.3 Å². The highest BCUT2D eigenvalue weighted by atomic mass is 19.1. The molecule has 1 unspecified atom stereocenters. The first-order valence-corrected chi connectivity index (χ1v) is 8.36. The Morgan fingerprint density at radius 2 is 1.88 bits per heavy atom. The molecule has 1 aliphatic rings. The first kappa shape index (κ1) is 16.6. The van der Waals surface area contributed by atoms with E-state index in [0.717, 1.165) is 18.4 Å². The molecule has 0 radical (unpaired) electrons. The van der Waals surface area contributed by atoms with Gasteiger partial charge in [0, 0.05) is 17.5 Å². The number of benzene rings is 2. The van der Waals surface area contributed by atoms with Crippen molar-refractivity contribution in [2.24, 2.45) is 0 Å². The van der Waals surface area contributed by atoms with E-state index in [1.165, 1.54) is 6.07 Å². The van der Waals surface area contributed by atoms with Crippen LogP contribution < -0.4 is 0 Å². The fourth-order valence-electron chi connectivity index (χ4n) is 3.19. The van der Waals surface area contributed by atoms with Gasteiger partial charge in [-0.15, -0.1) is 0 Å². The van der Waals surface area contributed by atoms with Crippen LogP contribution in [-0.2, 0) is 17.6 Å². The van der Waals surface area contributed by atoms with Gasteiger partial charge in [-0.3, -0.25) is 0 Å². The summed E-state index contributed by atoms with van der Waals surface area (Å²) in [6.45, 7) is 3.94. The van der Waals surface area contributed by atoms with Gasteiger partial charge in [0.05, 0.1) is 5.56 Å². The second-order valence-corrected chi connectivity index (χ2v) is 6.15. The van der Waals surface area contributed by atoms with Gasteiger partial charge < -0.3 is 4.74 Å². The lowest BCUT2D eigenvalue weighted by Crippen LogP contribution is -2.28. The molecule has 0 aliphatic carbocycles. The number of hydrogen-bond donors (Lipinski definition) is 0. The maximum Gasteiger partial charge on any atom is 0.341 e. The Labute approximate surface area is 140 Å². The zero-order chi connectivity index (χ0) is 17.3. The number of fused-ring (bicyclic) bond motifs is 1. The number of rotatable bonds is 4. The summed E-state index contributed by atoms with van der Waals surface area (Å²) in [6.07, 6.45) is 2.64. The molecular weight excluding hydrogens is 310 g/mol. The van der Waals surface area contributed by atoms with Crippen molar-refractivity contribution in [3.8, 4) is 11.1 Å². The van der Waals surface area contributed by atoms with E-state index in [4.69, 9.17) is 4.74 Å². The van der Waals surface area contributed by atoms with Crippen LogP contribution in [0.2, 0.25) is 0 Å². The molecule has 0 N–H and O–H groups in total. The summed E-state index contributed by atoms with van der Waals surface area (Å²) >= 11 is 0. The minimum atomic E-state index is -0.699. The standard InChI is InChI=1S/C20H20F2O2/c1-3-5-14-11-13-7-9-16(19(22)18(13)20(23)24-14)15-8-6-12(4-2)10-17(15)21/h6-10,14H,3-5,11H2,1-2H3. The summed E-state index contributed by atoms with van der Waals surface area (Å²) in [5, 5.41) is 0. The molecule has 3 rings (SSSR count). The molecule has 4 heteroatoms. The quantitative estimate of drug-likeness (QED) is 0.731. The van der Waals surface area contributed by atoms with E-state index < -0.39 is 17.6 Å². The van der Waals surface area contributed by atoms with Gasteiger partial charge in [-0.05, 0) is 30.0 Å².